The van der Waals surface area contributed by atoms with Gasteiger partial charge < -0.3 is 9.47 Å². The monoisotopic (exact) mass is 308 g/mol. The minimum atomic E-state index is -3.69. The van der Waals surface area contributed by atoms with Crippen molar-refractivity contribution in [3.63, 3.8) is 0 Å². The zero-order valence-electron chi connectivity index (χ0n) is 12.0. The molecule has 0 unspecified atom stereocenters. The van der Waals surface area contributed by atoms with Crippen LogP contribution in [0.5, 0.6) is 11.5 Å². The van der Waals surface area contributed by atoms with Crippen LogP contribution in [-0.2, 0) is 10.0 Å². The predicted octanol–water partition coefficient (Wildman–Crippen LogP) is 1.92. The molecule has 0 atom stereocenters. The number of hydrogen-bond acceptors (Lipinski definition) is 5. The molecule has 0 fully saturated rings. The summed E-state index contributed by atoms with van der Waals surface area (Å²) in [5.74, 6) is 0.832. The molecule has 1 aromatic heterocycles. The molecule has 0 spiro atoms. The van der Waals surface area contributed by atoms with Gasteiger partial charge in [0.2, 0.25) is 0 Å². The Labute approximate surface area is 124 Å². The standard InChI is InChI=1S/C14H16N2O4S/c1-16(11-5-4-8-15-10-11)21(17,18)12-6-7-13(19-2)14(9-12)20-3/h4-10H,1-3H3. The van der Waals surface area contributed by atoms with E-state index in [1.807, 2.05) is 0 Å². The van der Waals surface area contributed by atoms with Crippen molar-refractivity contribution in [3.05, 3.63) is 42.7 Å². The summed E-state index contributed by atoms with van der Waals surface area (Å²) >= 11 is 0. The van der Waals surface area contributed by atoms with E-state index in [9.17, 15) is 8.42 Å². The first-order valence-electron chi connectivity index (χ1n) is 6.11. The molecule has 1 aromatic carbocycles. The summed E-state index contributed by atoms with van der Waals surface area (Å²) in [6.45, 7) is 0. The predicted molar refractivity (Wildman–Crippen MR) is 79.4 cm³/mol. The highest BCUT2D eigenvalue weighted by molar-refractivity contribution is 7.92. The lowest BCUT2D eigenvalue weighted by atomic mass is 10.3. The topological polar surface area (TPSA) is 68.7 Å². The quantitative estimate of drug-likeness (QED) is 0.844. The van der Waals surface area contributed by atoms with Crippen LogP contribution in [0.1, 0.15) is 0 Å². The molecule has 7 heteroatoms. The number of ether oxygens (including phenoxy) is 2. The first kappa shape index (κ1) is 15.1. The van der Waals surface area contributed by atoms with Gasteiger partial charge in [0, 0.05) is 19.3 Å². The molecule has 2 rings (SSSR count). The van der Waals surface area contributed by atoms with Crippen LogP contribution in [-0.4, -0.2) is 34.7 Å². The van der Waals surface area contributed by atoms with Crippen molar-refractivity contribution in [2.75, 3.05) is 25.6 Å². The van der Waals surface area contributed by atoms with Gasteiger partial charge >= 0.3 is 0 Å². The van der Waals surface area contributed by atoms with Crippen LogP contribution < -0.4 is 13.8 Å². The Morgan fingerprint density at radius 2 is 1.81 bits per heavy atom. The number of rotatable bonds is 5. The molecule has 0 bridgehead atoms. The number of benzene rings is 1. The number of anilines is 1. The third-order valence-electron chi connectivity index (χ3n) is 3.02. The summed E-state index contributed by atoms with van der Waals surface area (Å²) in [7, 11) is 0.735. The molecule has 0 N–H and O–H groups in total. The van der Waals surface area contributed by atoms with Gasteiger partial charge in [-0.15, -0.1) is 0 Å². The minimum Gasteiger partial charge on any atom is -0.493 e. The van der Waals surface area contributed by atoms with Gasteiger partial charge in [-0.1, -0.05) is 0 Å². The van der Waals surface area contributed by atoms with E-state index >= 15 is 0 Å². The van der Waals surface area contributed by atoms with E-state index in [4.69, 9.17) is 9.47 Å². The Morgan fingerprint density at radius 3 is 2.38 bits per heavy atom. The molecule has 21 heavy (non-hydrogen) atoms. The van der Waals surface area contributed by atoms with Crippen molar-refractivity contribution in [3.8, 4) is 11.5 Å². The van der Waals surface area contributed by atoms with Crippen LogP contribution >= 0.6 is 0 Å². The van der Waals surface area contributed by atoms with Gasteiger partial charge in [-0.3, -0.25) is 9.29 Å². The number of aromatic nitrogens is 1. The molecule has 1 heterocycles. The summed E-state index contributed by atoms with van der Waals surface area (Å²) in [4.78, 5) is 4.04. The van der Waals surface area contributed by atoms with E-state index in [2.05, 4.69) is 4.98 Å². The highest BCUT2D eigenvalue weighted by Crippen LogP contribution is 2.31. The van der Waals surface area contributed by atoms with Crippen LogP contribution in [0.25, 0.3) is 0 Å². The lowest BCUT2D eigenvalue weighted by molar-refractivity contribution is 0.354. The third-order valence-corrected chi connectivity index (χ3v) is 4.80. The van der Waals surface area contributed by atoms with Gasteiger partial charge in [-0.2, -0.15) is 0 Å². The minimum absolute atomic E-state index is 0.117. The van der Waals surface area contributed by atoms with Crippen molar-refractivity contribution < 1.29 is 17.9 Å². The van der Waals surface area contributed by atoms with Gasteiger partial charge in [0.15, 0.2) is 11.5 Å². The van der Waals surface area contributed by atoms with Gasteiger partial charge in [0.05, 0.1) is 31.0 Å². The van der Waals surface area contributed by atoms with Gasteiger partial charge in [0.25, 0.3) is 10.0 Å². The molecule has 0 aliphatic carbocycles. The van der Waals surface area contributed by atoms with Gasteiger partial charge in [-0.25, -0.2) is 8.42 Å². The highest BCUT2D eigenvalue weighted by Gasteiger charge is 2.23. The molecule has 6 nitrogen and oxygen atoms in total. The molecular weight excluding hydrogens is 292 g/mol. The lowest BCUT2D eigenvalue weighted by Gasteiger charge is -2.19. The van der Waals surface area contributed by atoms with Crippen LogP contribution in [0.15, 0.2) is 47.6 Å². The van der Waals surface area contributed by atoms with E-state index < -0.39 is 10.0 Å². The number of nitrogens with zero attached hydrogens (tertiary/aromatic N) is 2. The fraction of sp³-hybridized carbons (Fsp3) is 0.214. The molecule has 0 aliphatic heterocycles. The number of sulfonamides is 1. The zero-order chi connectivity index (χ0) is 15.5. The Kier molecular flexibility index (Phi) is 4.32. The van der Waals surface area contributed by atoms with Crippen molar-refractivity contribution in [2.24, 2.45) is 0 Å². The largest absolute Gasteiger partial charge is 0.493 e. The Hall–Kier alpha value is -2.28. The number of pyridine rings is 1. The molecule has 0 radical (unpaired) electrons. The van der Waals surface area contributed by atoms with Gasteiger partial charge in [0.1, 0.15) is 0 Å². The summed E-state index contributed by atoms with van der Waals surface area (Å²) in [5.41, 5.74) is 0.479. The average Bonchev–Trinajstić information content (AvgIpc) is 2.54. The van der Waals surface area contributed by atoms with Gasteiger partial charge in [-0.05, 0) is 24.3 Å². The second kappa shape index (κ2) is 6.01. The number of methoxy groups -OCH3 is 2. The summed E-state index contributed by atoms with van der Waals surface area (Å²) in [5, 5.41) is 0. The average molecular weight is 308 g/mol. The maximum Gasteiger partial charge on any atom is 0.264 e. The van der Waals surface area contributed by atoms with Crippen molar-refractivity contribution in [1.29, 1.82) is 0 Å². The molecule has 0 saturated heterocycles. The second-order valence-corrected chi connectivity index (χ2v) is 6.17. The molecule has 2 aromatic rings. The van der Waals surface area contributed by atoms with Crippen LogP contribution in [0.2, 0.25) is 0 Å². The van der Waals surface area contributed by atoms with Crippen LogP contribution in [0.3, 0.4) is 0 Å². The lowest BCUT2D eigenvalue weighted by Crippen LogP contribution is -2.26. The Bertz CT molecular complexity index is 717. The van der Waals surface area contributed by atoms with E-state index in [1.165, 1.54) is 43.9 Å². The molecule has 112 valence electrons. The second-order valence-electron chi connectivity index (χ2n) is 4.20. The first-order chi connectivity index (χ1) is 10.0. The SMILES string of the molecule is COc1ccc(S(=O)(=O)N(C)c2cccnc2)cc1OC. The van der Waals surface area contributed by atoms with E-state index in [0.717, 1.165) is 0 Å². The maximum atomic E-state index is 12.6. The highest BCUT2D eigenvalue weighted by atomic mass is 32.2. The third kappa shape index (κ3) is 2.92. The van der Waals surface area contributed by atoms with Crippen molar-refractivity contribution >= 4 is 15.7 Å². The smallest absolute Gasteiger partial charge is 0.264 e. The van der Waals surface area contributed by atoms with E-state index in [0.29, 0.717) is 17.2 Å². The molecule has 0 aliphatic rings. The Balaban J connectivity index is 2.45. The molecular formula is C14H16N2O4S. The van der Waals surface area contributed by atoms with E-state index in [-0.39, 0.29) is 4.90 Å². The normalized spacial score (nSPS) is 11.0. The fourth-order valence-corrected chi connectivity index (χ4v) is 3.01. The number of hydrogen-bond donors (Lipinski definition) is 0. The van der Waals surface area contributed by atoms with Crippen LogP contribution in [0, 0.1) is 0 Å². The molecule has 0 saturated carbocycles. The van der Waals surface area contributed by atoms with Crippen LogP contribution in [0.4, 0.5) is 5.69 Å². The summed E-state index contributed by atoms with van der Waals surface area (Å²) in [6.07, 6.45) is 3.07. The van der Waals surface area contributed by atoms with Crippen molar-refractivity contribution in [1.82, 2.24) is 4.98 Å². The Morgan fingerprint density at radius 1 is 1.10 bits per heavy atom. The summed E-state index contributed by atoms with van der Waals surface area (Å²) < 4.78 is 36.6. The fourth-order valence-electron chi connectivity index (χ4n) is 1.81. The zero-order valence-corrected chi connectivity index (χ0v) is 12.8. The van der Waals surface area contributed by atoms with E-state index in [1.54, 1.807) is 24.4 Å². The maximum absolute atomic E-state index is 12.6. The van der Waals surface area contributed by atoms with Crippen molar-refractivity contribution in [2.45, 2.75) is 4.90 Å². The summed E-state index contributed by atoms with van der Waals surface area (Å²) in [6, 6.07) is 7.81. The molecule has 0 amide bonds. The first-order valence-corrected chi connectivity index (χ1v) is 7.55.